The van der Waals surface area contributed by atoms with Crippen LogP contribution in [-0.4, -0.2) is 25.8 Å². The summed E-state index contributed by atoms with van der Waals surface area (Å²) in [4.78, 5) is 0. The van der Waals surface area contributed by atoms with Gasteiger partial charge >= 0.3 is 0 Å². The van der Waals surface area contributed by atoms with E-state index in [-0.39, 0.29) is 0 Å². The average Bonchev–Trinajstić information content (AvgIpc) is 2.65. The van der Waals surface area contributed by atoms with Crippen molar-refractivity contribution in [3.63, 3.8) is 0 Å². The second kappa shape index (κ2) is 6.14. The van der Waals surface area contributed by atoms with E-state index in [0.29, 0.717) is 21.8 Å². The second-order valence-corrected chi connectivity index (χ2v) is 7.36. The van der Waals surface area contributed by atoms with Crippen molar-refractivity contribution in [1.82, 2.24) is 4.31 Å². The zero-order valence-electron chi connectivity index (χ0n) is 9.44. The molecule has 1 heterocycles. The first-order valence-electron chi connectivity index (χ1n) is 5.27. The lowest BCUT2D eigenvalue weighted by Crippen LogP contribution is -2.32. The van der Waals surface area contributed by atoms with Crippen molar-refractivity contribution in [2.45, 2.75) is 30.9 Å². The Morgan fingerprint density at radius 1 is 1.31 bits per heavy atom. The van der Waals surface area contributed by atoms with Crippen molar-refractivity contribution in [2.75, 3.05) is 13.1 Å². The zero-order valence-corrected chi connectivity index (χ0v) is 12.7. The van der Waals surface area contributed by atoms with Crippen LogP contribution in [0.5, 0.6) is 0 Å². The quantitative estimate of drug-likeness (QED) is 0.804. The minimum atomic E-state index is -3.31. The SMILES string of the molecule is CCCN(CCC)S(=O)(=O)c1sccc1Br. The number of sulfonamides is 1. The highest BCUT2D eigenvalue weighted by Crippen LogP contribution is 2.30. The van der Waals surface area contributed by atoms with Crippen molar-refractivity contribution in [3.05, 3.63) is 15.9 Å². The monoisotopic (exact) mass is 325 g/mol. The lowest BCUT2D eigenvalue weighted by molar-refractivity contribution is 0.411. The summed E-state index contributed by atoms with van der Waals surface area (Å²) in [6, 6.07) is 1.77. The molecular weight excluding hydrogens is 310 g/mol. The molecule has 0 radical (unpaired) electrons. The predicted molar refractivity (Wildman–Crippen MR) is 71.4 cm³/mol. The molecule has 0 amide bonds. The lowest BCUT2D eigenvalue weighted by Gasteiger charge is -2.20. The van der Waals surface area contributed by atoms with Crippen molar-refractivity contribution < 1.29 is 8.42 Å². The zero-order chi connectivity index (χ0) is 12.2. The molecule has 0 aliphatic carbocycles. The van der Waals surface area contributed by atoms with Gasteiger partial charge in [0.2, 0.25) is 0 Å². The minimum Gasteiger partial charge on any atom is -0.206 e. The van der Waals surface area contributed by atoms with Crippen LogP contribution >= 0.6 is 27.3 Å². The molecule has 6 heteroatoms. The lowest BCUT2D eigenvalue weighted by atomic mass is 10.4. The number of hydrogen-bond donors (Lipinski definition) is 0. The first-order chi connectivity index (χ1) is 7.54. The van der Waals surface area contributed by atoms with Gasteiger partial charge in [-0.3, -0.25) is 0 Å². The van der Waals surface area contributed by atoms with Gasteiger partial charge in [-0.25, -0.2) is 8.42 Å². The molecule has 3 nitrogen and oxygen atoms in total. The number of hydrogen-bond acceptors (Lipinski definition) is 3. The highest BCUT2D eigenvalue weighted by molar-refractivity contribution is 9.10. The summed E-state index contributed by atoms with van der Waals surface area (Å²) < 4.78 is 27.2. The Morgan fingerprint density at radius 2 is 1.88 bits per heavy atom. The van der Waals surface area contributed by atoms with Crippen LogP contribution in [0.3, 0.4) is 0 Å². The molecule has 0 saturated heterocycles. The maximum Gasteiger partial charge on any atom is 0.253 e. The fourth-order valence-corrected chi connectivity index (χ4v) is 5.51. The molecule has 0 atom stereocenters. The molecule has 0 N–H and O–H groups in total. The minimum absolute atomic E-state index is 0.411. The van der Waals surface area contributed by atoms with Crippen LogP contribution in [0, 0.1) is 0 Å². The predicted octanol–water partition coefficient (Wildman–Crippen LogP) is 3.32. The molecule has 1 rings (SSSR count). The van der Waals surface area contributed by atoms with E-state index in [1.165, 1.54) is 11.3 Å². The average molecular weight is 326 g/mol. The molecule has 0 aliphatic rings. The molecule has 0 spiro atoms. The third-order valence-electron chi connectivity index (χ3n) is 2.10. The van der Waals surface area contributed by atoms with Gasteiger partial charge in [0, 0.05) is 17.6 Å². The Hall–Kier alpha value is 0.0900. The van der Waals surface area contributed by atoms with E-state index in [2.05, 4.69) is 15.9 Å². The molecule has 92 valence electrons. The van der Waals surface area contributed by atoms with E-state index in [9.17, 15) is 8.42 Å². The molecular formula is C10H16BrNO2S2. The van der Waals surface area contributed by atoms with Gasteiger partial charge in [0.15, 0.2) is 0 Å². The topological polar surface area (TPSA) is 37.4 Å². The molecule has 0 saturated carbocycles. The Labute approximate surface area is 110 Å². The number of nitrogens with zero attached hydrogens (tertiary/aromatic N) is 1. The summed E-state index contributed by atoms with van der Waals surface area (Å²) in [6.07, 6.45) is 1.67. The standard InChI is InChI=1S/C10H16BrNO2S2/c1-3-6-12(7-4-2)16(13,14)10-9(11)5-8-15-10/h5,8H,3-4,6-7H2,1-2H3. The van der Waals surface area contributed by atoms with E-state index in [4.69, 9.17) is 0 Å². The van der Waals surface area contributed by atoms with Gasteiger partial charge in [-0.05, 0) is 40.2 Å². The second-order valence-electron chi connectivity index (χ2n) is 3.46. The number of halogens is 1. The summed E-state index contributed by atoms with van der Waals surface area (Å²) >= 11 is 4.54. The van der Waals surface area contributed by atoms with Crippen molar-refractivity contribution in [1.29, 1.82) is 0 Å². The van der Waals surface area contributed by atoms with Crippen LogP contribution in [-0.2, 0) is 10.0 Å². The maximum absolute atomic E-state index is 12.3. The Bertz CT molecular complexity index is 422. The van der Waals surface area contributed by atoms with Crippen LogP contribution in [0.2, 0.25) is 0 Å². The van der Waals surface area contributed by atoms with Crippen molar-refractivity contribution in [2.24, 2.45) is 0 Å². The Balaban J connectivity index is 3.03. The fraction of sp³-hybridized carbons (Fsp3) is 0.600. The van der Waals surface area contributed by atoms with Gasteiger partial charge in [-0.1, -0.05) is 13.8 Å². The summed E-state index contributed by atoms with van der Waals surface area (Å²) in [7, 11) is -3.31. The van der Waals surface area contributed by atoms with Crippen LogP contribution in [0.25, 0.3) is 0 Å². The Kier molecular flexibility index (Phi) is 5.43. The molecule has 16 heavy (non-hydrogen) atoms. The van der Waals surface area contributed by atoms with E-state index in [0.717, 1.165) is 12.8 Å². The van der Waals surface area contributed by atoms with Gasteiger partial charge in [0.05, 0.1) is 0 Å². The molecule has 0 aromatic carbocycles. The highest BCUT2D eigenvalue weighted by Gasteiger charge is 2.26. The van der Waals surface area contributed by atoms with Gasteiger partial charge < -0.3 is 0 Å². The van der Waals surface area contributed by atoms with E-state index in [1.54, 1.807) is 15.8 Å². The van der Waals surface area contributed by atoms with E-state index in [1.807, 2.05) is 13.8 Å². The maximum atomic E-state index is 12.3. The third-order valence-corrected chi connectivity index (χ3v) is 6.65. The summed E-state index contributed by atoms with van der Waals surface area (Å²) in [5, 5.41) is 1.78. The van der Waals surface area contributed by atoms with Crippen molar-refractivity contribution in [3.8, 4) is 0 Å². The summed E-state index contributed by atoms with van der Waals surface area (Å²) in [6.45, 7) is 5.14. The smallest absolute Gasteiger partial charge is 0.206 e. The molecule has 0 aliphatic heterocycles. The summed E-state index contributed by atoms with van der Waals surface area (Å²) in [5.41, 5.74) is 0. The fourth-order valence-electron chi connectivity index (χ4n) is 1.43. The molecule has 0 bridgehead atoms. The Morgan fingerprint density at radius 3 is 2.25 bits per heavy atom. The largest absolute Gasteiger partial charge is 0.253 e. The summed E-state index contributed by atoms with van der Waals surface area (Å²) in [5.74, 6) is 0. The highest BCUT2D eigenvalue weighted by atomic mass is 79.9. The first kappa shape index (κ1) is 14.2. The van der Waals surface area contributed by atoms with Crippen molar-refractivity contribution >= 4 is 37.3 Å². The molecule has 0 unspecified atom stereocenters. The number of thiophene rings is 1. The van der Waals surface area contributed by atoms with Gasteiger partial charge in [0.1, 0.15) is 4.21 Å². The van der Waals surface area contributed by atoms with Crippen LogP contribution in [0.4, 0.5) is 0 Å². The normalized spacial score (nSPS) is 12.2. The van der Waals surface area contributed by atoms with Crippen LogP contribution in [0.1, 0.15) is 26.7 Å². The molecule has 1 aromatic rings. The van der Waals surface area contributed by atoms with Crippen LogP contribution in [0.15, 0.2) is 20.1 Å². The van der Waals surface area contributed by atoms with Crippen LogP contribution < -0.4 is 0 Å². The first-order valence-corrected chi connectivity index (χ1v) is 8.38. The van der Waals surface area contributed by atoms with E-state index >= 15 is 0 Å². The van der Waals surface area contributed by atoms with Gasteiger partial charge in [-0.15, -0.1) is 11.3 Å². The van der Waals surface area contributed by atoms with E-state index < -0.39 is 10.0 Å². The van der Waals surface area contributed by atoms with Gasteiger partial charge in [-0.2, -0.15) is 4.31 Å². The third kappa shape index (κ3) is 3.06. The molecule has 1 aromatic heterocycles. The van der Waals surface area contributed by atoms with Gasteiger partial charge in [0.25, 0.3) is 10.0 Å². The molecule has 0 fully saturated rings. The number of rotatable bonds is 6.